The summed E-state index contributed by atoms with van der Waals surface area (Å²) in [6.45, 7) is 3.91. The predicted octanol–water partition coefficient (Wildman–Crippen LogP) is 2.79. The van der Waals surface area contributed by atoms with E-state index in [-0.39, 0.29) is 30.7 Å². The van der Waals surface area contributed by atoms with Crippen LogP contribution in [-0.4, -0.2) is 43.1 Å². The normalized spacial score (nSPS) is 20.5. The van der Waals surface area contributed by atoms with Crippen LogP contribution >= 0.6 is 24.8 Å². The Bertz CT molecular complexity index is 484. The second kappa shape index (κ2) is 10.7. The first kappa shape index (κ1) is 21.0. The van der Waals surface area contributed by atoms with Gasteiger partial charge < -0.3 is 15.5 Å². The molecule has 1 amide bonds. The van der Waals surface area contributed by atoms with Crippen molar-refractivity contribution in [1.29, 1.82) is 0 Å². The van der Waals surface area contributed by atoms with E-state index in [1.54, 1.807) is 6.20 Å². The summed E-state index contributed by atoms with van der Waals surface area (Å²) in [7, 11) is 0. The minimum atomic E-state index is -0.0244. The zero-order valence-corrected chi connectivity index (χ0v) is 15.6. The minimum Gasteiger partial charge on any atom is -0.357 e. The van der Waals surface area contributed by atoms with Gasteiger partial charge in [-0.1, -0.05) is 12.8 Å². The molecule has 2 aliphatic heterocycles. The highest BCUT2D eigenvalue weighted by Crippen LogP contribution is 2.17. The van der Waals surface area contributed by atoms with E-state index in [0.717, 1.165) is 31.9 Å². The zero-order chi connectivity index (χ0) is 15.2. The summed E-state index contributed by atoms with van der Waals surface area (Å²) >= 11 is 0. The third-order valence-electron chi connectivity index (χ3n) is 4.61. The van der Waals surface area contributed by atoms with E-state index < -0.39 is 0 Å². The first-order valence-corrected chi connectivity index (χ1v) is 8.55. The molecule has 0 radical (unpaired) electrons. The number of pyridine rings is 1. The van der Waals surface area contributed by atoms with Crippen molar-refractivity contribution in [3.63, 3.8) is 0 Å². The van der Waals surface area contributed by atoms with Crippen LogP contribution in [0.3, 0.4) is 0 Å². The molecule has 2 N–H and O–H groups in total. The Morgan fingerprint density at radius 1 is 1.17 bits per heavy atom. The third-order valence-corrected chi connectivity index (χ3v) is 4.61. The number of rotatable bonds is 4. The zero-order valence-electron chi connectivity index (χ0n) is 14.0. The van der Waals surface area contributed by atoms with Gasteiger partial charge in [0.25, 0.3) is 5.91 Å². The topological polar surface area (TPSA) is 57.3 Å². The van der Waals surface area contributed by atoms with Gasteiger partial charge in [-0.2, -0.15) is 0 Å². The van der Waals surface area contributed by atoms with Gasteiger partial charge in [-0.3, -0.25) is 4.79 Å². The first-order chi connectivity index (χ1) is 10.8. The molecule has 2 fully saturated rings. The third kappa shape index (κ3) is 5.80. The van der Waals surface area contributed by atoms with E-state index >= 15 is 0 Å². The van der Waals surface area contributed by atoms with Crippen LogP contribution in [0.2, 0.25) is 0 Å². The highest BCUT2D eigenvalue weighted by atomic mass is 35.5. The summed E-state index contributed by atoms with van der Waals surface area (Å²) in [5.74, 6) is 0.972. The lowest BCUT2D eigenvalue weighted by Gasteiger charge is -2.21. The van der Waals surface area contributed by atoms with Crippen molar-refractivity contribution < 1.29 is 4.79 Å². The number of hydrogen-bond acceptors (Lipinski definition) is 4. The fourth-order valence-electron chi connectivity index (χ4n) is 3.26. The fraction of sp³-hybridized carbons (Fsp3) is 0.647. The molecule has 1 aromatic rings. The van der Waals surface area contributed by atoms with E-state index in [9.17, 15) is 4.79 Å². The van der Waals surface area contributed by atoms with Gasteiger partial charge in [0.1, 0.15) is 5.82 Å². The van der Waals surface area contributed by atoms with Crippen molar-refractivity contribution >= 4 is 36.5 Å². The fourth-order valence-corrected chi connectivity index (χ4v) is 3.26. The molecule has 1 unspecified atom stereocenters. The average molecular weight is 375 g/mol. The van der Waals surface area contributed by atoms with E-state index in [2.05, 4.69) is 20.5 Å². The molecule has 5 nitrogen and oxygen atoms in total. The minimum absolute atomic E-state index is 0. The number of nitrogens with zero attached hydrogens (tertiary/aromatic N) is 2. The lowest BCUT2D eigenvalue weighted by molar-refractivity contribution is 0.0950. The second-order valence-corrected chi connectivity index (χ2v) is 6.31. The van der Waals surface area contributed by atoms with E-state index in [4.69, 9.17) is 0 Å². The number of carbonyl (C=O) groups excluding carboxylic acids is 1. The molecule has 0 aromatic carbocycles. The molecule has 0 bridgehead atoms. The molecule has 1 aromatic heterocycles. The summed E-state index contributed by atoms with van der Waals surface area (Å²) in [5, 5.41) is 6.38. The van der Waals surface area contributed by atoms with Crippen molar-refractivity contribution in [1.82, 2.24) is 15.6 Å². The smallest absolute Gasteiger partial charge is 0.252 e. The van der Waals surface area contributed by atoms with E-state index in [0.29, 0.717) is 18.2 Å². The maximum Gasteiger partial charge on any atom is 0.252 e. The standard InChI is InChI=1S/C17H26N4O.2ClH/c22-17(20-13-15-6-5-9-18-15)14-7-8-16(19-12-14)21-10-3-1-2-4-11-21;;/h7-8,12,15,18H,1-6,9-11,13H2,(H,20,22);2*1H. The Labute approximate surface area is 156 Å². The molecule has 24 heavy (non-hydrogen) atoms. The van der Waals surface area contributed by atoms with Gasteiger partial charge in [0, 0.05) is 31.9 Å². The highest BCUT2D eigenvalue weighted by Gasteiger charge is 2.16. The molecule has 3 rings (SSSR count). The summed E-state index contributed by atoms with van der Waals surface area (Å²) in [6, 6.07) is 4.30. The molecule has 0 saturated carbocycles. The molecule has 7 heteroatoms. The van der Waals surface area contributed by atoms with Crippen molar-refractivity contribution in [2.45, 2.75) is 44.6 Å². The lowest BCUT2D eigenvalue weighted by atomic mass is 10.2. The lowest BCUT2D eigenvalue weighted by Crippen LogP contribution is -2.37. The summed E-state index contributed by atoms with van der Waals surface area (Å²) in [5.41, 5.74) is 0.650. The van der Waals surface area contributed by atoms with Crippen LogP contribution in [0.25, 0.3) is 0 Å². The first-order valence-electron chi connectivity index (χ1n) is 8.55. The largest absolute Gasteiger partial charge is 0.357 e. The van der Waals surface area contributed by atoms with Gasteiger partial charge in [0.15, 0.2) is 0 Å². The molecule has 2 saturated heterocycles. The second-order valence-electron chi connectivity index (χ2n) is 6.31. The quantitative estimate of drug-likeness (QED) is 0.850. The highest BCUT2D eigenvalue weighted by molar-refractivity contribution is 5.94. The van der Waals surface area contributed by atoms with Crippen molar-refractivity contribution in [2.75, 3.05) is 31.1 Å². The monoisotopic (exact) mass is 374 g/mol. The number of carbonyl (C=O) groups is 1. The molecule has 0 spiro atoms. The number of amides is 1. The molecule has 2 aliphatic rings. The molecular weight excluding hydrogens is 347 g/mol. The Balaban J connectivity index is 0.00000144. The van der Waals surface area contributed by atoms with Crippen LogP contribution in [0.5, 0.6) is 0 Å². The number of anilines is 1. The van der Waals surface area contributed by atoms with Gasteiger partial charge in [-0.05, 0) is 44.4 Å². The van der Waals surface area contributed by atoms with Gasteiger partial charge in [-0.25, -0.2) is 4.98 Å². The van der Waals surface area contributed by atoms with E-state index in [1.807, 2.05) is 12.1 Å². The van der Waals surface area contributed by atoms with Crippen LogP contribution in [0.15, 0.2) is 18.3 Å². The van der Waals surface area contributed by atoms with Gasteiger partial charge in [0.2, 0.25) is 0 Å². The van der Waals surface area contributed by atoms with Crippen LogP contribution < -0.4 is 15.5 Å². The molecule has 0 aliphatic carbocycles. The van der Waals surface area contributed by atoms with E-state index in [1.165, 1.54) is 32.1 Å². The van der Waals surface area contributed by atoms with Crippen LogP contribution in [0.1, 0.15) is 48.9 Å². The van der Waals surface area contributed by atoms with Crippen molar-refractivity contribution in [3.8, 4) is 0 Å². The van der Waals surface area contributed by atoms with Crippen molar-refractivity contribution in [2.24, 2.45) is 0 Å². The summed E-state index contributed by atoms with van der Waals surface area (Å²) < 4.78 is 0. The Morgan fingerprint density at radius 2 is 1.92 bits per heavy atom. The van der Waals surface area contributed by atoms with Crippen LogP contribution in [0.4, 0.5) is 5.82 Å². The number of nitrogens with one attached hydrogen (secondary N) is 2. The average Bonchev–Trinajstić information content (AvgIpc) is 2.93. The maximum atomic E-state index is 12.2. The Morgan fingerprint density at radius 3 is 2.50 bits per heavy atom. The van der Waals surface area contributed by atoms with Gasteiger partial charge in [0.05, 0.1) is 5.56 Å². The molecular formula is C17H28Cl2N4O. The molecule has 3 heterocycles. The molecule has 136 valence electrons. The van der Waals surface area contributed by atoms with Gasteiger partial charge >= 0.3 is 0 Å². The maximum absolute atomic E-state index is 12.2. The number of aromatic nitrogens is 1. The summed E-state index contributed by atoms with van der Waals surface area (Å²) in [4.78, 5) is 19.0. The molecule has 1 atom stereocenters. The van der Waals surface area contributed by atoms with Gasteiger partial charge in [-0.15, -0.1) is 24.8 Å². The SMILES string of the molecule is Cl.Cl.O=C(NCC1CCCN1)c1ccc(N2CCCCCC2)nc1. The predicted molar refractivity (Wildman–Crippen MR) is 103 cm³/mol. The Hall–Kier alpha value is -1.04. The number of halogens is 2. The van der Waals surface area contributed by atoms with Crippen LogP contribution in [-0.2, 0) is 0 Å². The van der Waals surface area contributed by atoms with Crippen LogP contribution in [0, 0.1) is 0 Å². The van der Waals surface area contributed by atoms with Crippen molar-refractivity contribution in [3.05, 3.63) is 23.9 Å². The summed E-state index contributed by atoms with van der Waals surface area (Å²) in [6.07, 6.45) is 9.14. The Kier molecular flexibility index (Phi) is 9.41. The number of hydrogen-bond donors (Lipinski definition) is 2.